The molecule has 1 radical (unpaired) electrons. The topological polar surface area (TPSA) is 65.9 Å². The quantitative estimate of drug-likeness (QED) is 0.415. The van der Waals surface area contributed by atoms with E-state index in [0.717, 1.165) is 66.4 Å². The summed E-state index contributed by atoms with van der Waals surface area (Å²) in [7, 11) is 0. The summed E-state index contributed by atoms with van der Waals surface area (Å²) in [6, 6.07) is 6.65. The van der Waals surface area contributed by atoms with E-state index in [-0.39, 0.29) is 12.1 Å². The van der Waals surface area contributed by atoms with Crippen LogP contribution in [-0.4, -0.2) is 66.8 Å². The van der Waals surface area contributed by atoms with E-state index in [2.05, 4.69) is 25.0 Å². The molecule has 3 aromatic heterocycles. The van der Waals surface area contributed by atoms with Gasteiger partial charge in [-0.05, 0) is 44.1 Å². The number of alkyl halides is 3. The van der Waals surface area contributed by atoms with Gasteiger partial charge in [0.1, 0.15) is 23.8 Å². The number of aromatic nitrogens is 5. The summed E-state index contributed by atoms with van der Waals surface area (Å²) in [5.74, 6) is -0.799. The lowest BCUT2D eigenvalue weighted by atomic mass is 9.96. The predicted octanol–water partition coefficient (Wildman–Crippen LogP) is 4.34. The molecule has 0 atom stereocenters. The van der Waals surface area contributed by atoms with Crippen LogP contribution in [0, 0.1) is 11.9 Å². The van der Waals surface area contributed by atoms with Crippen LogP contribution in [0.4, 0.5) is 17.6 Å². The number of aromatic amines is 1. The molecule has 1 N–H and O–H groups in total. The Morgan fingerprint density at radius 2 is 1.86 bits per heavy atom. The zero-order chi connectivity index (χ0) is 24.9. The number of likely N-dealkylation sites (tertiary alicyclic amines) is 2. The molecular formula is C25H24F4N7. The van der Waals surface area contributed by atoms with E-state index < -0.39 is 17.6 Å². The summed E-state index contributed by atoms with van der Waals surface area (Å²) < 4.78 is 56.1. The number of nitrogens with zero attached hydrogens (tertiary/aromatic N) is 6. The van der Waals surface area contributed by atoms with E-state index in [1.807, 2.05) is 28.0 Å². The van der Waals surface area contributed by atoms with Gasteiger partial charge in [-0.2, -0.15) is 18.3 Å². The van der Waals surface area contributed by atoms with Crippen LogP contribution >= 0.6 is 0 Å². The first-order valence-electron chi connectivity index (χ1n) is 11.9. The van der Waals surface area contributed by atoms with Crippen LogP contribution < -0.4 is 0 Å². The number of hydrogen-bond donors (Lipinski definition) is 1. The highest BCUT2D eigenvalue weighted by Crippen LogP contribution is 2.35. The minimum absolute atomic E-state index is 0.0286. The molecule has 1 aromatic carbocycles. The van der Waals surface area contributed by atoms with E-state index in [9.17, 15) is 17.6 Å². The van der Waals surface area contributed by atoms with Gasteiger partial charge < -0.3 is 4.98 Å². The summed E-state index contributed by atoms with van der Waals surface area (Å²) in [4.78, 5) is 16.0. The number of piperidine rings is 1. The number of nitrogens with one attached hydrogen (secondary N) is 1. The molecule has 5 heterocycles. The SMILES string of the molecule is Fc1cccc(C(F)(F)F)c1CN1CCC(N2C[C](n3cc(-c4ncnc5[nH]ccc45)cn3)C2)CC1. The van der Waals surface area contributed by atoms with Gasteiger partial charge in [-0.3, -0.25) is 14.5 Å². The first-order chi connectivity index (χ1) is 17.4. The molecular weight excluding hydrogens is 474 g/mol. The van der Waals surface area contributed by atoms with Crippen molar-refractivity contribution >= 4 is 11.0 Å². The van der Waals surface area contributed by atoms with Crippen LogP contribution in [0.2, 0.25) is 0 Å². The van der Waals surface area contributed by atoms with Gasteiger partial charge in [-0.15, -0.1) is 0 Å². The van der Waals surface area contributed by atoms with Crippen LogP contribution in [-0.2, 0) is 12.7 Å². The Kier molecular flexibility index (Phi) is 5.76. The minimum Gasteiger partial charge on any atom is -0.346 e. The predicted molar refractivity (Wildman–Crippen MR) is 125 cm³/mol. The lowest BCUT2D eigenvalue weighted by Crippen LogP contribution is -2.56. The van der Waals surface area contributed by atoms with Crippen LogP contribution in [0.15, 0.2) is 49.2 Å². The molecule has 0 spiro atoms. The van der Waals surface area contributed by atoms with Gasteiger partial charge in [0.15, 0.2) is 0 Å². The Labute approximate surface area is 204 Å². The standard InChI is InChI=1S/C25H24F4N7/c26-22-3-1-2-21(25(27,28)29)20(22)14-34-8-5-17(6-9-34)35-12-18(13-35)36-11-16(10-33-36)23-19-4-7-30-24(19)32-15-31-23/h1-4,7,10-11,15,17H,5-6,8-9,12-14H2,(H,30,31,32). The van der Waals surface area contributed by atoms with Crippen LogP contribution in [0.3, 0.4) is 0 Å². The van der Waals surface area contributed by atoms with E-state index in [0.29, 0.717) is 19.1 Å². The largest absolute Gasteiger partial charge is 0.416 e. The summed E-state index contributed by atoms with van der Waals surface area (Å²) >= 11 is 0. The maximum atomic E-state index is 14.2. The van der Waals surface area contributed by atoms with Gasteiger partial charge in [0.2, 0.25) is 0 Å². The fourth-order valence-electron chi connectivity index (χ4n) is 5.20. The van der Waals surface area contributed by atoms with Crippen molar-refractivity contribution in [1.82, 2.24) is 34.5 Å². The molecule has 11 heteroatoms. The average Bonchev–Trinajstić information content (AvgIpc) is 3.49. The van der Waals surface area contributed by atoms with Crippen LogP contribution in [0.5, 0.6) is 0 Å². The Balaban J connectivity index is 1.04. The van der Waals surface area contributed by atoms with E-state index in [1.54, 1.807) is 6.20 Å². The molecule has 7 nitrogen and oxygen atoms in total. The van der Waals surface area contributed by atoms with Gasteiger partial charge in [0.05, 0.1) is 17.5 Å². The fraction of sp³-hybridized carbons (Fsp3) is 0.360. The second kappa shape index (κ2) is 8.97. The Morgan fingerprint density at radius 3 is 2.64 bits per heavy atom. The van der Waals surface area contributed by atoms with Crippen molar-refractivity contribution in [3.63, 3.8) is 0 Å². The number of fused-ring (bicyclic) bond motifs is 1. The lowest BCUT2D eigenvalue weighted by molar-refractivity contribution is -0.138. The van der Waals surface area contributed by atoms with Gasteiger partial charge in [0, 0.05) is 54.6 Å². The Bertz CT molecular complexity index is 1360. The molecule has 0 saturated carbocycles. The van der Waals surface area contributed by atoms with Crippen molar-refractivity contribution in [3.05, 3.63) is 72.2 Å². The molecule has 4 aromatic rings. The molecule has 2 aliphatic heterocycles. The van der Waals surface area contributed by atoms with E-state index in [1.165, 1.54) is 12.4 Å². The molecule has 187 valence electrons. The zero-order valence-corrected chi connectivity index (χ0v) is 19.3. The first-order valence-corrected chi connectivity index (χ1v) is 11.9. The number of hydrogen-bond acceptors (Lipinski definition) is 5. The monoisotopic (exact) mass is 498 g/mol. The third-order valence-electron chi connectivity index (χ3n) is 7.18. The third-order valence-corrected chi connectivity index (χ3v) is 7.18. The minimum atomic E-state index is -4.56. The zero-order valence-electron chi connectivity index (χ0n) is 19.3. The molecule has 0 aliphatic carbocycles. The highest BCUT2D eigenvalue weighted by atomic mass is 19.4. The number of benzene rings is 1. The first kappa shape index (κ1) is 23.1. The third kappa shape index (κ3) is 4.26. The fourth-order valence-corrected chi connectivity index (χ4v) is 5.20. The van der Waals surface area contributed by atoms with Crippen molar-refractivity contribution in [2.24, 2.45) is 0 Å². The highest BCUT2D eigenvalue weighted by molar-refractivity contribution is 5.90. The average molecular weight is 499 g/mol. The van der Waals surface area contributed by atoms with Gasteiger partial charge >= 0.3 is 6.18 Å². The maximum Gasteiger partial charge on any atom is 0.416 e. The van der Waals surface area contributed by atoms with Gasteiger partial charge in [-0.25, -0.2) is 14.4 Å². The summed E-state index contributed by atoms with van der Waals surface area (Å²) in [5, 5.41) is 5.47. The van der Waals surface area contributed by atoms with E-state index in [4.69, 9.17) is 0 Å². The van der Waals surface area contributed by atoms with Gasteiger partial charge in [0.25, 0.3) is 0 Å². The van der Waals surface area contributed by atoms with Gasteiger partial charge in [-0.1, -0.05) is 6.07 Å². The highest BCUT2D eigenvalue weighted by Gasteiger charge is 2.38. The molecule has 2 fully saturated rings. The smallest absolute Gasteiger partial charge is 0.346 e. The van der Waals surface area contributed by atoms with Crippen molar-refractivity contribution in [2.45, 2.75) is 31.6 Å². The summed E-state index contributed by atoms with van der Waals surface area (Å²) in [6.07, 6.45) is 4.26. The molecule has 0 amide bonds. The molecule has 36 heavy (non-hydrogen) atoms. The lowest BCUT2D eigenvalue weighted by Gasteiger charge is -2.46. The van der Waals surface area contributed by atoms with Crippen molar-refractivity contribution in [1.29, 1.82) is 0 Å². The summed E-state index contributed by atoms with van der Waals surface area (Å²) in [6.45, 7) is 2.82. The van der Waals surface area contributed by atoms with Crippen molar-refractivity contribution in [2.75, 3.05) is 26.2 Å². The second-order valence-corrected chi connectivity index (χ2v) is 9.38. The second-order valence-electron chi connectivity index (χ2n) is 9.38. The maximum absolute atomic E-state index is 14.2. The molecule has 2 aliphatic rings. The van der Waals surface area contributed by atoms with Crippen molar-refractivity contribution < 1.29 is 17.6 Å². The van der Waals surface area contributed by atoms with Crippen molar-refractivity contribution in [3.8, 4) is 11.3 Å². The number of rotatable bonds is 5. The van der Waals surface area contributed by atoms with E-state index >= 15 is 0 Å². The Morgan fingerprint density at radius 1 is 1.06 bits per heavy atom. The number of H-pyrrole nitrogens is 1. The van der Waals surface area contributed by atoms with Crippen LogP contribution in [0.1, 0.15) is 24.0 Å². The van der Waals surface area contributed by atoms with Crippen LogP contribution in [0.25, 0.3) is 22.3 Å². The molecule has 0 bridgehead atoms. The normalized spacial score (nSPS) is 18.7. The molecule has 6 rings (SSSR count). The number of halogens is 4. The summed E-state index contributed by atoms with van der Waals surface area (Å²) in [5.41, 5.74) is 1.39. The Hall–Kier alpha value is -3.31. The molecule has 2 saturated heterocycles. The molecule has 0 unspecified atom stereocenters.